The minimum Gasteiger partial charge on any atom is -0.302 e. The first-order chi connectivity index (χ1) is 8.66. The van der Waals surface area contributed by atoms with E-state index in [0.29, 0.717) is 18.6 Å². The molecule has 1 aliphatic rings. The minimum atomic E-state index is 0.159. The third-order valence-corrected chi connectivity index (χ3v) is 4.34. The van der Waals surface area contributed by atoms with Crippen molar-refractivity contribution >= 4 is 22.9 Å². The molecule has 1 fully saturated rings. The van der Waals surface area contributed by atoms with E-state index < -0.39 is 0 Å². The third-order valence-electron chi connectivity index (χ3n) is 3.43. The summed E-state index contributed by atoms with van der Waals surface area (Å²) in [5, 5.41) is 1.94. The summed E-state index contributed by atoms with van der Waals surface area (Å²) in [4.78, 5) is 26.4. The van der Waals surface area contributed by atoms with E-state index in [9.17, 15) is 9.59 Å². The van der Waals surface area contributed by atoms with Crippen LogP contribution in [-0.4, -0.2) is 36.1 Å². The van der Waals surface area contributed by atoms with Gasteiger partial charge in [0.05, 0.1) is 4.88 Å². The average Bonchev–Trinajstić information content (AvgIpc) is 2.87. The molecule has 2 heterocycles. The summed E-state index contributed by atoms with van der Waals surface area (Å²) in [6.07, 6.45) is 2.16. The highest BCUT2D eigenvalue weighted by molar-refractivity contribution is 7.12. The van der Waals surface area contributed by atoms with Gasteiger partial charge >= 0.3 is 0 Å². The van der Waals surface area contributed by atoms with Crippen LogP contribution in [0, 0.1) is 5.92 Å². The molecular formula is C14H19NO2S. The molecule has 98 valence electrons. The van der Waals surface area contributed by atoms with Gasteiger partial charge in [-0.15, -0.1) is 11.3 Å². The molecular weight excluding hydrogens is 246 g/mol. The molecule has 4 heteroatoms. The molecule has 0 N–H and O–H groups in total. The number of hydrogen-bond donors (Lipinski definition) is 0. The molecule has 0 saturated carbocycles. The highest BCUT2D eigenvalue weighted by Crippen LogP contribution is 2.15. The number of thiophene rings is 1. The Balaban J connectivity index is 1.70. The van der Waals surface area contributed by atoms with Crippen molar-refractivity contribution in [2.24, 2.45) is 5.92 Å². The number of hydrogen-bond acceptors (Lipinski definition) is 4. The summed E-state index contributed by atoms with van der Waals surface area (Å²) in [7, 11) is 0. The lowest BCUT2D eigenvalue weighted by Gasteiger charge is -2.29. The standard InChI is InChI=1S/C14H19NO2S/c1-11-10-15(8-6-12(11)16)7-2-4-13(17)14-5-3-9-18-14/h3,5,9,11H,2,4,6-8,10H2,1H3. The molecule has 0 aliphatic carbocycles. The quantitative estimate of drug-likeness (QED) is 0.768. The number of likely N-dealkylation sites (tertiary alicyclic amines) is 1. The van der Waals surface area contributed by atoms with Crippen LogP contribution in [0.15, 0.2) is 17.5 Å². The molecule has 1 unspecified atom stereocenters. The molecule has 3 nitrogen and oxygen atoms in total. The van der Waals surface area contributed by atoms with Gasteiger partial charge in [-0.3, -0.25) is 9.59 Å². The summed E-state index contributed by atoms with van der Waals surface area (Å²) < 4.78 is 0. The van der Waals surface area contributed by atoms with Crippen molar-refractivity contribution in [3.63, 3.8) is 0 Å². The van der Waals surface area contributed by atoms with Crippen LogP contribution in [0.1, 0.15) is 35.9 Å². The molecule has 1 aromatic rings. The summed E-state index contributed by atoms with van der Waals surface area (Å²) >= 11 is 1.51. The molecule has 1 aliphatic heterocycles. The van der Waals surface area contributed by atoms with Crippen LogP contribution in [-0.2, 0) is 4.79 Å². The topological polar surface area (TPSA) is 37.4 Å². The van der Waals surface area contributed by atoms with Crippen LogP contribution >= 0.6 is 11.3 Å². The van der Waals surface area contributed by atoms with E-state index >= 15 is 0 Å². The number of ketones is 2. The Morgan fingerprint density at radius 1 is 1.56 bits per heavy atom. The van der Waals surface area contributed by atoms with Crippen molar-refractivity contribution in [2.45, 2.75) is 26.2 Å². The van der Waals surface area contributed by atoms with Crippen LogP contribution in [0.4, 0.5) is 0 Å². The molecule has 0 radical (unpaired) electrons. The Bertz CT molecular complexity index is 413. The van der Waals surface area contributed by atoms with Crippen molar-refractivity contribution in [1.82, 2.24) is 4.90 Å². The number of carbonyl (C=O) groups excluding carboxylic acids is 2. The molecule has 1 aromatic heterocycles. The monoisotopic (exact) mass is 265 g/mol. The predicted molar refractivity (Wildman–Crippen MR) is 73.1 cm³/mol. The van der Waals surface area contributed by atoms with Gasteiger partial charge in [0.25, 0.3) is 0 Å². The van der Waals surface area contributed by atoms with Crippen molar-refractivity contribution < 1.29 is 9.59 Å². The minimum absolute atomic E-state index is 0.159. The Kier molecular flexibility index (Phi) is 4.66. The van der Waals surface area contributed by atoms with E-state index in [1.165, 1.54) is 11.3 Å². The molecule has 0 aromatic carbocycles. The Labute approximate surface area is 112 Å². The smallest absolute Gasteiger partial charge is 0.172 e. The Morgan fingerprint density at radius 3 is 3.06 bits per heavy atom. The highest BCUT2D eigenvalue weighted by atomic mass is 32.1. The second-order valence-electron chi connectivity index (χ2n) is 4.92. The van der Waals surface area contributed by atoms with E-state index in [-0.39, 0.29) is 11.7 Å². The van der Waals surface area contributed by atoms with Gasteiger partial charge in [0.1, 0.15) is 5.78 Å². The zero-order valence-corrected chi connectivity index (χ0v) is 11.5. The largest absolute Gasteiger partial charge is 0.302 e. The van der Waals surface area contributed by atoms with Gasteiger partial charge in [-0.05, 0) is 24.4 Å². The lowest BCUT2D eigenvalue weighted by Crippen LogP contribution is -2.40. The second-order valence-corrected chi connectivity index (χ2v) is 5.87. The maximum absolute atomic E-state index is 11.8. The van der Waals surface area contributed by atoms with Gasteiger partial charge in [-0.2, -0.15) is 0 Å². The summed E-state index contributed by atoms with van der Waals surface area (Å²) in [6, 6.07) is 3.80. The Hall–Kier alpha value is -1.00. The normalized spacial score (nSPS) is 21.2. The van der Waals surface area contributed by atoms with Crippen molar-refractivity contribution in [3.05, 3.63) is 22.4 Å². The zero-order chi connectivity index (χ0) is 13.0. The fourth-order valence-electron chi connectivity index (χ4n) is 2.32. The van der Waals surface area contributed by atoms with Crippen LogP contribution in [0.3, 0.4) is 0 Å². The van der Waals surface area contributed by atoms with E-state index in [1.807, 2.05) is 24.4 Å². The number of piperidine rings is 1. The molecule has 0 amide bonds. The Morgan fingerprint density at radius 2 is 2.39 bits per heavy atom. The number of nitrogens with zero attached hydrogens (tertiary/aromatic N) is 1. The first-order valence-corrected chi connectivity index (χ1v) is 7.36. The van der Waals surface area contributed by atoms with E-state index in [0.717, 1.165) is 30.9 Å². The van der Waals surface area contributed by atoms with Crippen LogP contribution < -0.4 is 0 Å². The first kappa shape index (κ1) is 13.4. The molecule has 1 saturated heterocycles. The summed E-state index contributed by atoms with van der Waals surface area (Å²) in [5.74, 6) is 0.777. The van der Waals surface area contributed by atoms with Crippen molar-refractivity contribution in [1.29, 1.82) is 0 Å². The van der Waals surface area contributed by atoms with E-state index in [4.69, 9.17) is 0 Å². The highest BCUT2D eigenvalue weighted by Gasteiger charge is 2.22. The number of Topliss-reactive ketones (excluding diaryl/α,β-unsaturated/α-hetero) is 2. The van der Waals surface area contributed by atoms with Gasteiger partial charge < -0.3 is 4.90 Å². The predicted octanol–water partition coefficient (Wildman–Crippen LogP) is 2.62. The van der Waals surface area contributed by atoms with Crippen molar-refractivity contribution in [3.8, 4) is 0 Å². The van der Waals surface area contributed by atoms with E-state index in [1.54, 1.807) is 0 Å². The van der Waals surface area contributed by atoms with Gasteiger partial charge in [-0.1, -0.05) is 13.0 Å². The lowest BCUT2D eigenvalue weighted by molar-refractivity contribution is -0.125. The van der Waals surface area contributed by atoms with Gasteiger partial charge in [0.15, 0.2) is 5.78 Å². The van der Waals surface area contributed by atoms with Crippen molar-refractivity contribution in [2.75, 3.05) is 19.6 Å². The fraction of sp³-hybridized carbons (Fsp3) is 0.571. The molecule has 0 bridgehead atoms. The van der Waals surface area contributed by atoms with Crippen LogP contribution in [0.25, 0.3) is 0 Å². The second kappa shape index (κ2) is 6.25. The van der Waals surface area contributed by atoms with Gasteiger partial charge in [-0.25, -0.2) is 0 Å². The molecule has 1 atom stereocenters. The SMILES string of the molecule is CC1CN(CCCC(=O)c2cccs2)CCC1=O. The van der Waals surface area contributed by atoms with Crippen LogP contribution in [0.5, 0.6) is 0 Å². The molecule has 2 rings (SSSR count). The van der Waals surface area contributed by atoms with Gasteiger partial charge in [0.2, 0.25) is 0 Å². The number of carbonyl (C=O) groups is 2. The maximum atomic E-state index is 11.8. The van der Waals surface area contributed by atoms with E-state index in [2.05, 4.69) is 4.90 Å². The van der Waals surface area contributed by atoms with Crippen LogP contribution in [0.2, 0.25) is 0 Å². The average molecular weight is 265 g/mol. The third kappa shape index (κ3) is 3.50. The molecule has 0 spiro atoms. The zero-order valence-electron chi connectivity index (χ0n) is 10.7. The fourth-order valence-corrected chi connectivity index (χ4v) is 3.02. The first-order valence-electron chi connectivity index (χ1n) is 6.48. The maximum Gasteiger partial charge on any atom is 0.172 e. The van der Waals surface area contributed by atoms with Gasteiger partial charge in [0, 0.05) is 31.8 Å². The number of rotatable bonds is 5. The summed E-state index contributed by atoms with van der Waals surface area (Å²) in [5.41, 5.74) is 0. The molecule has 18 heavy (non-hydrogen) atoms. The summed E-state index contributed by atoms with van der Waals surface area (Å²) in [6.45, 7) is 4.63. The lowest BCUT2D eigenvalue weighted by atomic mass is 9.98.